The van der Waals surface area contributed by atoms with Gasteiger partial charge in [-0.3, -0.25) is 0 Å². The molecule has 0 saturated heterocycles. The van der Waals surface area contributed by atoms with Gasteiger partial charge in [0.05, 0.1) is 0 Å². The lowest BCUT2D eigenvalue weighted by Gasteiger charge is -2.22. The van der Waals surface area contributed by atoms with E-state index in [9.17, 15) is 0 Å². The van der Waals surface area contributed by atoms with Gasteiger partial charge in [-0.15, -0.1) is 0 Å². The molecule has 0 spiro atoms. The highest BCUT2D eigenvalue weighted by atomic mass is 14.9. The molecule has 0 aliphatic rings. The lowest BCUT2D eigenvalue weighted by molar-refractivity contribution is 0.378. The van der Waals surface area contributed by atoms with E-state index in [4.69, 9.17) is 0 Å². The molecule has 1 rings (SSSR count). The van der Waals surface area contributed by atoms with Crippen molar-refractivity contribution in [3.63, 3.8) is 0 Å². The van der Waals surface area contributed by atoms with Gasteiger partial charge in [-0.2, -0.15) is 0 Å². The van der Waals surface area contributed by atoms with Crippen molar-refractivity contribution < 1.29 is 0 Å². The maximum absolute atomic E-state index is 3.67. The molecule has 1 N–H and O–H groups in total. The Kier molecular flexibility index (Phi) is 7.15. The smallest absolute Gasteiger partial charge is 0.00932 e. The van der Waals surface area contributed by atoms with Crippen LogP contribution in [0.2, 0.25) is 0 Å². The SMILES string of the molecule is CCCNC(CCc1ccc(C(C)C)cc1)C(C)C. The van der Waals surface area contributed by atoms with Gasteiger partial charge in [0.15, 0.2) is 0 Å². The molecule has 0 amide bonds. The molecule has 0 aromatic heterocycles. The van der Waals surface area contributed by atoms with Crippen molar-refractivity contribution in [3.05, 3.63) is 35.4 Å². The highest BCUT2D eigenvalue weighted by Crippen LogP contribution is 2.17. The Labute approximate surface area is 119 Å². The Hall–Kier alpha value is -0.820. The minimum absolute atomic E-state index is 0.628. The summed E-state index contributed by atoms with van der Waals surface area (Å²) < 4.78 is 0. The summed E-state index contributed by atoms with van der Waals surface area (Å²) in [5.74, 6) is 1.34. The van der Waals surface area contributed by atoms with Crippen LogP contribution in [0.1, 0.15) is 64.5 Å². The predicted molar refractivity (Wildman–Crippen MR) is 85.8 cm³/mol. The molecule has 1 aromatic rings. The van der Waals surface area contributed by atoms with E-state index in [1.165, 1.54) is 30.4 Å². The molecule has 108 valence electrons. The third-order valence-corrected chi connectivity index (χ3v) is 3.85. The first kappa shape index (κ1) is 16.2. The van der Waals surface area contributed by atoms with Crippen molar-refractivity contribution >= 4 is 0 Å². The molecule has 1 heteroatoms. The topological polar surface area (TPSA) is 12.0 Å². The Bertz CT molecular complexity index is 337. The van der Waals surface area contributed by atoms with Crippen molar-refractivity contribution in [3.8, 4) is 0 Å². The molecule has 1 aromatic carbocycles. The zero-order valence-electron chi connectivity index (χ0n) is 13.4. The molecule has 19 heavy (non-hydrogen) atoms. The number of nitrogens with one attached hydrogen (secondary N) is 1. The standard InChI is InChI=1S/C18H31N/c1-6-13-19-18(15(4)5)12-9-16-7-10-17(11-8-16)14(2)3/h7-8,10-11,14-15,18-19H,6,9,12-13H2,1-5H3. The number of hydrogen-bond acceptors (Lipinski definition) is 1. The Balaban J connectivity index is 2.49. The summed E-state index contributed by atoms with van der Waals surface area (Å²) in [7, 11) is 0. The van der Waals surface area contributed by atoms with Crippen molar-refractivity contribution in [1.82, 2.24) is 5.32 Å². The second-order valence-electron chi connectivity index (χ2n) is 6.24. The van der Waals surface area contributed by atoms with E-state index in [-0.39, 0.29) is 0 Å². The average Bonchev–Trinajstić information content (AvgIpc) is 2.39. The maximum atomic E-state index is 3.67. The van der Waals surface area contributed by atoms with Crippen LogP contribution in [0.25, 0.3) is 0 Å². The third-order valence-electron chi connectivity index (χ3n) is 3.85. The van der Waals surface area contributed by atoms with Crippen LogP contribution >= 0.6 is 0 Å². The van der Waals surface area contributed by atoms with Crippen molar-refractivity contribution in [1.29, 1.82) is 0 Å². The molecule has 0 heterocycles. The summed E-state index contributed by atoms with van der Waals surface area (Å²) in [5.41, 5.74) is 2.90. The van der Waals surface area contributed by atoms with Crippen LogP contribution in [0.15, 0.2) is 24.3 Å². The monoisotopic (exact) mass is 261 g/mol. The minimum atomic E-state index is 0.628. The highest BCUT2D eigenvalue weighted by Gasteiger charge is 2.12. The van der Waals surface area contributed by atoms with Gasteiger partial charge in [0.25, 0.3) is 0 Å². The Morgan fingerprint density at radius 3 is 2.11 bits per heavy atom. The van der Waals surface area contributed by atoms with Crippen molar-refractivity contribution in [2.45, 2.75) is 65.8 Å². The van der Waals surface area contributed by atoms with Gasteiger partial charge in [0, 0.05) is 6.04 Å². The van der Waals surface area contributed by atoms with Crippen LogP contribution in [0.5, 0.6) is 0 Å². The third kappa shape index (κ3) is 5.78. The van der Waals surface area contributed by atoms with E-state index in [2.05, 4.69) is 64.2 Å². The highest BCUT2D eigenvalue weighted by molar-refractivity contribution is 5.24. The van der Waals surface area contributed by atoms with Gasteiger partial charge in [-0.05, 0) is 48.8 Å². The molecule has 1 atom stereocenters. The lowest BCUT2D eigenvalue weighted by atomic mass is 9.95. The summed E-state index contributed by atoms with van der Waals surface area (Å²) in [6.07, 6.45) is 3.63. The van der Waals surface area contributed by atoms with Gasteiger partial charge in [0.2, 0.25) is 0 Å². The number of aryl methyl sites for hydroxylation is 1. The van der Waals surface area contributed by atoms with E-state index in [1.807, 2.05) is 0 Å². The van der Waals surface area contributed by atoms with E-state index in [0.717, 1.165) is 6.54 Å². The minimum Gasteiger partial charge on any atom is -0.314 e. The number of hydrogen-bond donors (Lipinski definition) is 1. The van der Waals surface area contributed by atoms with Gasteiger partial charge < -0.3 is 5.32 Å². The second kappa shape index (κ2) is 8.37. The fourth-order valence-electron chi connectivity index (χ4n) is 2.39. The second-order valence-corrected chi connectivity index (χ2v) is 6.24. The van der Waals surface area contributed by atoms with Gasteiger partial charge >= 0.3 is 0 Å². The van der Waals surface area contributed by atoms with Crippen LogP contribution < -0.4 is 5.32 Å². The maximum Gasteiger partial charge on any atom is 0.00932 e. The summed E-state index contributed by atoms with van der Waals surface area (Å²) in [4.78, 5) is 0. The fourth-order valence-corrected chi connectivity index (χ4v) is 2.39. The molecule has 1 unspecified atom stereocenters. The van der Waals surface area contributed by atoms with Crippen LogP contribution in [-0.4, -0.2) is 12.6 Å². The van der Waals surface area contributed by atoms with Gasteiger partial charge in [0.1, 0.15) is 0 Å². The largest absolute Gasteiger partial charge is 0.314 e. The molecule has 0 aliphatic heterocycles. The molecule has 0 radical (unpaired) electrons. The molecular weight excluding hydrogens is 230 g/mol. The molecule has 0 fully saturated rings. The average molecular weight is 261 g/mol. The van der Waals surface area contributed by atoms with E-state index in [0.29, 0.717) is 17.9 Å². The van der Waals surface area contributed by atoms with E-state index in [1.54, 1.807) is 0 Å². The molecule has 0 bridgehead atoms. The first-order valence-electron chi connectivity index (χ1n) is 7.86. The van der Waals surface area contributed by atoms with Crippen LogP contribution in [0.3, 0.4) is 0 Å². The first-order valence-corrected chi connectivity index (χ1v) is 7.86. The van der Waals surface area contributed by atoms with E-state index >= 15 is 0 Å². The van der Waals surface area contributed by atoms with Crippen LogP contribution in [0, 0.1) is 5.92 Å². The lowest BCUT2D eigenvalue weighted by Crippen LogP contribution is -2.34. The van der Waals surface area contributed by atoms with Crippen molar-refractivity contribution in [2.24, 2.45) is 5.92 Å². The molecular formula is C18H31N. The first-order chi connectivity index (χ1) is 9.04. The zero-order valence-corrected chi connectivity index (χ0v) is 13.4. The van der Waals surface area contributed by atoms with Crippen LogP contribution in [0.4, 0.5) is 0 Å². The summed E-state index contributed by atoms with van der Waals surface area (Å²) >= 11 is 0. The summed E-state index contributed by atoms with van der Waals surface area (Å²) in [6.45, 7) is 12.5. The van der Waals surface area contributed by atoms with Gasteiger partial charge in [-0.25, -0.2) is 0 Å². The summed E-state index contributed by atoms with van der Waals surface area (Å²) in [6, 6.07) is 9.80. The molecule has 1 nitrogen and oxygen atoms in total. The Morgan fingerprint density at radius 2 is 1.63 bits per heavy atom. The van der Waals surface area contributed by atoms with Crippen molar-refractivity contribution in [2.75, 3.05) is 6.54 Å². The Morgan fingerprint density at radius 1 is 1.00 bits per heavy atom. The molecule has 0 saturated carbocycles. The predicted octanol–water partition coefficient (Wildman–Crippen LogP) is 4.77. The molecule has 0 aliphatic carbocycles. The number of rotatable bonds is 8. The summed E-state index contributed by atoms with van der Waals surface area (Å²) in [5, 5.41) is 3.67. The quantitative estimate of drug-likeness (QED) is 0.711. The van der Waals surface area contributed by atoms with Gasteiger partial charge in [-0.1, -0.05) is 58.9 Å². The fraction of sp³-hybridized carbons (Fsp3) is 0.667. The van der Waals surface area contributed by atoms with E-state index < -0.39 is 0 Å². The zero-order chi connectivity index (χ0) is 14.3. The normalized spacial score (nSPS) is 13.2. The van der Waals surface area contributed by atoms with Crippen LogP contribution in [-0.2, 0) is 6.42 Å². The number of benzene rings is 1.